The van der Waals surface area contributed by atoms with Crippen LogP contribution < -0.4 is 4.90 Å². The Bertz CT molecular complexity index is 528. The molecule has 0 aromatic heterocycles. The second-order valence-electron chi connectivity index (χ2n) is 4.06. The molecule has 1 atom stereocenters. The molecule has 0 aliphatic heterocycles. The highest BCUT2D eigenvalue weighted by Crippen LogP contribution is 2.31. The molecule has 0 N–H and O–H groups in total. The highest BCUT2D eigenvalue weighted by molar-refractivity contribution is 9.09. The van der Waals surface area contributed by atoms with Gasteiger partial charge in [0.15, 0.2) is 0 Å². The number of benzene rings is 1. The second-order valence-corrected chi connectivity index (χ2v) is 6.65. The molecule has 19 heavy (non-hydrogen) atoms. The van der Waals surface area contributed by atoms with Crippen molar-refractivity contribution in [3.05, 3.63) is 24.3 Å². The minimum atomic E-state index is -5.27. The number of rotatable bonds is 4. The fourth-order valence-corrected chi connectivity index (χ4v) is 2.55. The van der Waals surface area contributed by atoms with Gasteiger partial charge >= 0.3 is 5.51 Å². The van der Waals surface area contributed by atoms with E-state index in [0.29, 0.717) is 11.0 Å². The van der Waals surface area contributed by atoms with Gasteiger partial charge in [0.25, 0.3) is 9.84 Å². The third kappa shape index (κ3) is 3.42. The van der Waals surface area contributed by atoms with Crippen molar-refractivity contribution in [3.63, 3.8) is 0 Å². The molecule has 1 unspecified atom stereocenters. The van der Waals surface area contributed by atoms with Gasteiger partial charge in [-0.2, -0.15) is 13.2 Å². The van der Waals surface area contributed by atoms with Gasteiger partial charge in [-0.3, -0.25) is 0 Å². The van der Waals surface area contributed by atoms with Crippen molar-refractivity contribution in [1.29, 1.82) is 0 Å². The monoisotopic (exact) mass is 359 g/mol. The molecule has 0 bridgehead atoms. The number of anilines is 1. The summed E-state index contributed by atoms with van der Waals surface area (Å²) >= 11 is 3.30. The lowest BCUT2D eigenvalue weighted by Gasteiger charge is -2.25. The molecule has 1 aromatic carbocycles. The smallest absolute Gasteiger partial charge is 0.371 e. The molecular weight excluding hydrogens is 347 g/mol. The average molecular weight is 360 g/mol. The highest BCUT2D eigenvalue weighted by atomic mass is 79.9. The molecule has 0 fully saturated rings. The summed E-state index contributed by atoms with van der Waals surface area (Å²) < 4.78 is 59.4. The molecule has 108 valence electrons. The molecule has 0 amide bonds. The van der Waals surface area contributed by atoms with Crippen LogP contribution in [0, 0.1) is 0 Å². The molecule has 0 radical (unpaired) electrons. The topological polar surface area (TPSA) is 37.4 Å². The molecule has 3 nitrogen and oxygen atoms in total. The van der Waals surface area contributed by atoms with Crippen LogP contribution in [0.4, 0.5) is 18.9 Å². The molecule has 0 saturated heterocycles. The Hall–Kier alpha value is -0.760. The maximum absolute atomic E-state index is 12.4. The van der Waals surface area contributed by atoms with E-state index in [1.54, 1.807) is 7.05 Å². The van der Waals surface area contributed by atoms with Gasteiger partial charge in [-0.05, 0) is 31.2 Å². The van der Waals surface area contributed by atoms with E-state index in [0.717, 1.165) is 12.1 Å². The fourth-order valence-electron chi connectivity index (χ4n) is 1.35. The average Bonchev–Trinajstić information content (AvgIpc) is 2.35. The van der Waals surface area contributed by atoms with Crippen molar-refractivity contribution in [2.75, 3.05) is 17.3 Å². The summed E-state index contributed by atoms with van der Waals surface area (Å²) in [7, 11) is -3.50. The zero-order valence-corrected chi connectivity index (χ0v) is 12.7. The second kappa shape index (κ2) is 5.70. The van der Waals surface area contributed by atoms with Gasteiger partial charge in [0.05, 0.1) is 4.90 Å². The predicted octanol–water partition coefficient (Wildman–Crippen LogP) is 3.20. The summed E-state index contributed by atoms with van der Waals surface area (Å²) in [5, 5.41) is 0.687. The van der Waals surface area contributed by atoms with Crippen LogP contribution in [0.5, 0.6) is 0 Å². The van der Waals surface area contributed by atoms with E-state index in [-0.39, 0.29) is 6.04 Å². The van der Waals surface area contributed by atoms with Crippen LogP contribution in [0.3, 0.4) is 0 Å². The van der Waals surface area contributed by atoms with E-state index >= 15 is 0 Å². The molecular formula is C11H13BrF3NO2S. The number of hydrogen-bond acceptors (Lipinski definition) is 3. The first kappa shape index (κ1) is 16.3. The lowest BCUT2D eigenvalue weighted by molar-refractivity contribution is -0.0436. The van der Waals surface area contributed by atoms with Crippen molar-refractivity contribution in [3.8, 4) is 0 Å². The normalized spacial score (nSPS) is 14.2. The molecule has 0 spiro atoms. The zero-order chi connectivity index (χ0) is 14.8. The third-order valence-corrected chi connectivity index (χ3v) is 5.18. The van der Waals surface area contributed by atoms with E-state index in [2.05, 4.69) is 15.9 Å². The Morgan fingerprint density at radius 1 is 1.26 bits per heavy atom. The van der Waals surface area contributed by atoms with Gasteiger partial charge < -0.3 is 4.90 Å². The van der Waals surface area contributed by atoms with Crippen molar-refractivity contribution in [2.24, 2.45) is 0 Å². The molecule has 1 aromatic rings. The van der Waals surface area contributed by atoms with Crippen LogP contribution in [0.1, 0.15) is 6.92 Å². The molecule has 0 aliphatic carbocycles. The first-order valence-electron chi connectivity index (χ1n) is 5.31. The van der Waals surface area contributed by atoms with Crippen LogP contribution in [0.15, 0.2) is 29.2 Å². The first-order chi connectivity index (χ1) is 8.61. The molecule has 1 rings (SSSR count). The van der Waals surface area contributed by atoms with Crippen LogP contribution in [0.2, 0.25) is 0 Å². The van der Waals surface area contributed by atoms with Crippen molar-refractivity contribution in [2.45, 2.75) is 23.4 Å². The summed E-state index contributed by atoms with van der Waals surface area (Å²) in [4.78, 5) is 1.09. The fraction of sp³-hybridized carbons (Fsp3) is 0.455. The highest BCUT2D eigenvalue weighted by Gasteiger charge is 2.46. The minimum absolute atomic E-state index is 0.130. The number of sulfone groups is 1. The third-order valence-electron chi connectivity index (χ3n) is 2.74. The molecule has 0 aliphatic rings. The standard InChI is InChI=1S/C11H13BrF3NO2S/c1-8(7-12)16(2)9-3-5-10(6-4-9)19(17,18)11(13,14)15/h3-6,8H,7H2,1-2H3. The zero-order valence-electron chi connectivity index (χ0n) is 10.3. The van der Waals surface area contributed by atoms with Gasteiger partial charge in [-0.25, -0.2) is 8.42 Å². The summed E-state index contributed by atoms with van der Waals surface area (Å²) in [5.74, 6) is 0. The lowest BCUT2D eigenvalue weighted by Crippen LogP contribution is -2.30. The van der Waals surface area contributed by atoms with Gasteiger partial charge in [-0.15, -0.1) is 0 Å². The number of halogens is 4. The van der Waals surface area contributed by atoms with Gasteiger partial charge in [0.2, 0.25) is 0 Å². The number of hydrogen-bond donors (Lipinski definition) is 0. The Labute approximate surface area is 118 Å². The Morgan fingerprint density at radius 3 is 2.11 bits per heavy atom. The van der Waals surface area contributed by atoms with E-state index < -0.39 is 20.2 Å². The molecule has 8 heteroatoms. The SMILES string of the molecule is CC(CBr)N(C)c1ccc(S(=O)(=O)C(F)(F)F)cc1. The van der Waals surface area contributed by atoms with Gasteiger partial charge in [-0.1, -0.05) is 15.9 Å². The predicted molar refractivity (Wildman–Crippen MR) is 71.3 cm³/mol. The largest absolute Gasteiger partial charge is 0.501 e. The summed E-state index contributed by atoms with van der Waals surface area (Å²) in [6.45, 7) is 1.93. The maximum atomic E-state index is 12.4. The first-order valence-corrected chi connectivity index (χ1v) is 7.92. The van der Waals surface area contributed by atoms with E-state index in [4.69, 9.17) is 0 Å². The summed E-state index contributed by atoms with van der Waals surface area (Å²) in [6, 6.07) is 4.78. The molecule has 0 heterocycles. The van der Waals surface area contributed by atoms with E-state index in [1.165, 1.54) is 12.1 Å². The number of alkyl halides is 4. The van der Waals surface area contributed by atoms with Crippen LogP contribution in [-0.2, 0) is 9.84 Å². The van der Waals surface area contributed by atoms with E-state index in [9.17, 15) is 21.6 Å². The van der Waals surface area contributed by atoms with Crippen LogP contribution >= 0.6 is 15.9 Å². The Kier molecular flexibility index (Phi) is 4.89. The summed E-state index contributed by atoms with van der Waals surface area (Å²) in [6.07, 6.45) is 0. The van der Waals surface area contributed by atoms with Crippen molar-refractivity contribution in [1.82, 2.24) is 0 Å². The number of nitrogens with zero attached hydrogens (tertiary/aromatic N) is 1. The minimum Gasteiger partial charge on any atom is -0.371 e. The van der Waals surface area contributed by atoms with Crippen molar-refractivity contribution < 1.29 is 21.6 Å². The van der Waals surface area contributed by atoms with Crippen LogP contribution in [-0.4, -0.2) is 32.3 Å². The van der Waals surface area contributed by atoms with Gasteiger partial charge in [0.1, 0.15) is 0 Å². The maximum Gasteiger partial charge on any atom is 0.501 e. The molecule has 0 saturated carbocycles. The van der Waals surface area contributed by atoms with Gasteiger partial charge in [0, 0.05) is 24.1 Å². The lowest BCUT2D eigenvalue weighted by atomic mass is 10.2. The Morgan fingerprint density at radius 2 is 1.74 bits per heavy atom. The van der Waals surface area contributed by atoms with Crippen molar-refractivity contribution >= 4 is 31.5 Å². The van der Waals surface area contributed by atoms with E-state index in [1.807, 2.05) is 11.8 Å². The quantitative estimate of drug-likeness (QED) is 0.774. The summed E-state index contributed by atoms with van der Waals surface area (Å²) in [5.41, 5.74) is -4.63. The van der Waals surface area contributed by atoms with Crippen LogP contribution in [0.25, 0.3) is 0 Å². The Balaban J connectivity index is 3.08.